The lowest BCUT2D eigenvalue weighted by atomic mass is 10.3. The number of aryl methyl sites for hydroxylation is 1. The van der Waals surface area contributed by atoms with E-state index in [1.165, 1.54) is 16.6 Å². The van der Waals surface area contributed by atoms with Gasteiger partial charge in [0.05, 0.1) is 6.54 Å². The van der Waals surface area contributed by atoms with E-state index >= 15 is 0 Å². The highest BCUT2D eigenvalue weighted by molar-refractivity contribution is 7.89. The van der Waals surface area contributed by atoms with Crippen molar-refractivity contribution in [2.45, 2.75) is 18.4 Å². The van der Waals surface area contributed by atoms with E-state index < -0.39 is 10.0 Å². The second-order valence-electron chi connectivity index (χ2n) is 6.44. The molecule has 1 aliphatic heterocycles. The van der Waals surface area contributed by atoms with E-state index in [1.54, 1.807) is 27.8 Å². The molecular formula is C17H24N4O2S2. The molecule has 0 aromatic carbocycles. The summed E-state index contributed by atoms with van der Waals surface area (Å²) in [6, 6.07) is 5.55. The molecule has 0 unspecified atom stereocenters. The molecule has 3 rings (SSSR count). The molecule has 0 saturated carbocycles. The molecule has 0 bridgehead atoms. The maximum atomic E-state index is 12.7. The molecule has 2 aromatic rings. The minimum Gasteiger partial charge on any atom is -0.355 e. The fourth-order valence-electron chi connectivity index (χ4n) is 2.79. The number of anilines is 1. The zero-order chi connectivity index (χ0) is 18.0. The van der Waals surface area contributed by atoms with Crippen molar-refractivity contribution >= 4 is 27.2 Å². The minimum absolute atomic E-state index is 0.265. The van der Waals surface area contributed by atoms with Crippen molar-refractivity contribution in [1.29, 1.82) is 0 Å². The molecule has 8 heteroatoms. The second-order valence-corrected chi connectivity index (χ2v) is 9.38. The van der Waals surface area contributed by atoms with Crippen LogP contribution in [0.25, 0.3) is 0 Å². The summed E-state index contributed by atoms with van der Waals surface area (Å²) < 4.78 is 27.0. The Bertz CT molecular complexity index is 809. The van der Waals surface area contributed by atoms with Crippen LogP contribution in [0, 0.1) is 6.92 Å². The van der Waals surface area contributed by atoms with Crippen LogP contribution in [0.5, 0.6) is 0 Å². The number of hydrogen-bond acceptors (Lipinski definition) is 6. The smallest absolute Gasteiger partial charge is 0.244 e. The van der Waals surface area contributed by atoms with Crippen LogP contribution in [0.3, 0.4) is 0 Å². The van der Waals surface area contributed by atoms with Crippen molar-refractivity contribution in [3.05, 3.63) is 40.2 Å². The van der Waals surface area contributed by atoms with Gasteiger partial charge in [0.1, 0.15) is 10.7 Å². The Morgan fingerprint density at radius 3 is 2.48 bits per heavy atom. The third-order valence-corrected chi connectivity index (χ3v) is 7.45. The first-order chi connectivity index (χ1) is 11.9. The lowest BCUT2D eigenvalue weighted by Gasteiger charge is -2.31. The van der Waals surface area contributed by atoms with Gasteiger partial charge in [-0.25, -0.2) is 13.4 Å². The van der Waals surface area contributed by atoms with E-state index in [4.69, 9.17) is 0 Å². The van der Waals surface area contributed by atoms with Crippen LogP contribution >= 0.6 is 11.3 Å². The largest absolute Gasteiger partial charge is 0.355 e. The first-order valence-electron chi connectivity index (χ1n) is 8.27. The predicted molar refractivity (Wildman–Crippen MR) is 102 cm³/mol. The van der Waals surface area contributed by atoms with E-state index in [1.807, 2.05) is 19.0 Å². The Labute approximate surface area is 153 Å². The number of aromatic nitrogens is 1. The molecule has 1 saturated heterocycles. The summed E-state index contributed by atoms with van der Waals surface area (Å²) in [5.41, 5.74) is 1.27. The number of sulfonamides is 1. The van der Waals surface area contributed by atoms with Crippen LogP contribution in [0.4, 0.5) is 5.82 Å². The van der Waals surface area contributed by atoms with Gasteiger partial charge in [0, 0.05) is 44.3 Å². The van der Waals surface area contributed by atoms with Gasteiger partial charge < -0.3 is 9.80 Å². The molecule has 25 heavy (non-hydrogen) atoms. The number of thiophene rings is 1. The molecule has 0 spiro atoms. The van der Waals surface area contributed by atoms with Crippen molar-refractivity contribution < 1.29 is 8.42 Å². The average molecular weight is 381 g/mol. The summed E-state index contributed by atoms with van der Waals surface area (Å²) in [5, 5.41) is 2.08. The van der Waals surface area contributed by atoms with E-state index in [9.17, 15) is 8.42 Å². The van der Waals surface area contributed by atoms with Gasteiger partial charge >= 0.3 is 0 Å². The zero-order valence-corrected chi connectivity index (χ0v) is 16.5. The molecule has 0 atom stereocenters. The minimum atomic E-state index is -3.46. The lowest BCUT2D eigenvalue weighted by molar-refractivity contribution is 0.222. The van der Waals surface area contributed by atoms with Gasteiger partial charge in [0.25, 0.3) is 0 Å². The van der Waals surface area contributed by atoms with E-state index in [2.05, 4.69) is 28.3 Å². The van der Waals surface area contributed by atoms with E-state index in [-0.39, 0.29) is 4.90 Å². The van der Waals surface area contributed by atoms with E-state index in [0.717, 1.165) is 25.5 Å². The zero-order valence-electron chi connectivity index (χ0n) is 14.8. The van der Waals surface area contributed by atoms with E-state index in [0.29, 0.717) is 13.1 Å². The van der Waals surface area contributed by atoms with Gasteiger partial charge in [-0.05, 0) is 43.1 Å². The molecular weight excluding hydrogens is 356 g/mol. The highest BCUT2D eigenvalue weighted by Gasteiger charge is 2.27. The summed E-state index contributed by atoms with van der Waals surface area (Å²) >= 11 is 1.72. The monoisotopic (exact) mass is 380 g/mol. The molecule has 2 aromatic heterocycles. The van der Waals surface area contributed by atoms with Gasteiger partial charge in [-0.15, -0.1) is 11.3 Å². The molecule has 0 radical (unpaired) electrons. The highest BCUT2D eigenvalue weighted by atomic mass is 32.2. The summed E-state index contributed by atoms with van der Waals surface area (Å²) in [6.07, 6.45) is 1.47. The molecule has 0 N–H and O–H groups in total. The SMILES string of the molecule is Cc1ccsc1CN(C)c1ccc(S(=O)(=O)N2CCN(C)CC2)cn1. The number of nitrogens with zero attached hydrogens (tertiary/aromatic N) is 4. The normalized spacial score (nSPS) is 16.9. The molecule has 1 aliphatic rings. The number of rotatable bonds is 5. The van der Waals surface area contributed by atoms with Crippen LogP contribution in [0.1, 0.15) is 10.4 Å². The quantitative estimate of drug-likeness (QED) is 0.794. The van der Waals surface area contributed by atoms with Crippen LogP contribution in [0.15, 0.2) is 34.7 Å². The Morgan fingerprint density at radius 1 is 1.20 bits per heavy atom. The van der Waals surface area contributed by atoms with Gasteiger partial charge in [-0.2, -0.15) is 4.31 Å². The van der Waals surface area contributed by atoms with Crippen molar-refractivity contribution in [3.8, 4) is 0 Å². The van der Waals surface area contributed by atoms with Gasteiger partial charge in [-0.1, -0.05) is 0 Å². The Hall–Kier alpha value is -1.48. The lowest BCUT2D eigenvalue weighted by Crippen LogP contribution is -2.47. The fourth-order valence-corrected chi connectivity index (χ4v) is 5.12. The molecule has 0 amide bonds. The maximum absolute atomic E-state index is 12.7. The number of pyridine rings is 1. The van der Waals surface area contributed by atoms with Crippen LogP contribution in [-0.4, -0.2) is 62.9 Å². The third-order valence-electron chi connectivity index (χ3n) is 4.56. The average Bonchev–Trinajstić information content (AvgIpc) is 3.00. The molecule has 6 nitrogen and oxygen atoms in total. The van der Waals surface area contributed by atoms with Crippen LogP contribution in [0.2, 0.25) is 0 Å². The second kappa shape index (κ2) is 7.41. The number of likely N-dealkylation sites (N-methyl/N-ethyl adjacent to an activating group) is 1. The first-order valence-corrected chi connectivity index (χ1v) is 10.6. The Morgan fingerprint density at radius 2 is 1.92 bits per heavy atom. The van der Waals surface area contributed by atoms with Gasteiger partial charge in [0.2, 0.25) is 10.0 Å². The third kappa shape index (κ3) is 4.03. The summed E-state index contributed by atoms with van der Waals surface area (Å²) in [6.45, 7) is 5.43. The van der Waals surface area contributed by atoms with Crippen LogP contribution in [-0.2, 0) is 16.6 Å². The van der Waals surface area contributed by atoms with Crippen LogP contribution < -0.4 is 4.90 Å². The number of hydrogen-bond donors (Lipinski definition) is 0. The number of piperazine rings is 1. The Kier molecular flexibility index (Phi) is 5.43. The first kappa shape index (κ1) is 18.3. The van der Waals surface area contributed by atoms with Crippen molar-refractivity contribution in [1.82, 2.24) is 14.2 Å². The molecule has 3 heterocycles. The van der Waals surface area contributed by atoms with Gasteiger partial charge in [0.15, 0.2) is 0 Å². The van der Waals surface area contributed by atoms with Crippen molar-refractivity contribution in [2.75, 3.05) is 45.2 Å². The highest BCUT2D eigenvalue weighted by Crippen LogP contribution is 2.22. The van der Waals surface area contributed by atoms with Crippen molar-refractivity contribution in [2.24, 2.45) is 0 Å². The molecule has 136 valence electrons. The summed E-state index contributed by atoms with van der Waals surface area (Å²) in [4.78, 5) is 10.1. The fraction of sp³-hybridized carbons (Fsp3) is 0.471. The van der Waals surface area contributed by atoms with Gasteiger partial charge in [-0.3, -0.25) is 0 Å². The summed E-state index contributed by atoms with van der Waals surface area (Å²) in [7, 11) is 0.517. The molecule has 0 aliphatic carbocycles. The molecule has 1 fully saturated rings. The van der Waals surface area contributed by atoms with Crippen molar-refractivity contribution in [3.63, 3.8) is 0 Å². The predicted octanol–water partition coefficient (Wildman–Crippen LogP) is 2.02. The topological polar surface area (TPSA) is 56.8 Å². The maximum Gasteiger partial charge on any atom is 0.244 e. The summed E-state index contributed by atoms with van der Waals surface area (Å²) in [5.74, 6) is 0.769. The standard InChI is InChI=1S/C17H24N4O2S2/c1-14-6-11-24-16(14)13-20(3)17-5-4-15(12-18-17)25(22,23)21-9-7-19(2)8-10-21/h4-6,11-12H,7-10,13H2,1-3H3. The Balaban J connectivity index is 1.72.